The molecule has 2 aromatic carbocycles. The third-order valence-corrected chi connectivity index (χ3v) is 5.90. The molecule has 1 saturated heterocycles. The smallest absolute Gasteiger partial charge is 0.324 e. The Balaban J connectivity index is 1.47. The summed E-state index contributed by atoms with van der Waals surface area (Å²) in [5.74, 6) is 1.18. The molecule has 162 valence electrons. The second-order valence-corrected chi connectivity index (χ2v) is 8.18. The minimum Gasteiger partial charge on any atom is -0.497 e. The molecule has 2 heterocycles. The van der Waals surface area contributed by atoms with E-state index < -0.39 is 0 Å². The average molecular weight is 441 g/mol. The van der Waals surface area contributed by atoms with Gasteiger partial charge in [0.25, 0.3) is 0 Å². The molecule has 8 heteroatoms. The third kappa shape index (κ3) is 4.51. The molecule has 3 aromatic rings. The lowest BCUT2D eigenvalue weighted by molar-refractivity contribution is -0.122. The molecular weight excluding hydrogens is 416 g/mol. The van der Waals surface area contributed by atoms with Crippen LogP contribution in [0.3, 0.4) is 0 Å². The number of rotatable bonds is 5. The standard InChI is InChI=1S/C23H25ClN4O3/c1-15-6-9-18(24)13-20(15)27(2)22(29)17-5-4-12-28(14-17)23-25-21(26-31-23)16-7-10-19(30-3)11-8-16/h6-11,13,17H,4-5,12,14H2,1-3H3/t17-/m1/s1. The Morgan fingerprint density at radius 3 is 2.77 bits per heavy atom. The molecule has 1 aliphatic rings. The van der Waals surface area contributed by atoms with Gasteiger partial charge in [-0.3, -0.25) is 4.79 Å². The quantitative estimate of drug-likeness (QED) is 0.578. The first-order valence-electron chi connectivity index (χ1n) is 10.2. The van der Waals surface area contributed by atoms with Crippen molar-refractivity contribution >= 4 is 29.2 Å². The fraction of sp³-hybridized carbons (Fsp3) is 0.348. The van der Waals surface area contributed by atoms with E-state index in [1.54, 1.807) is 19.1 Å². The van der Waals surface area contributed by atoms with Crippen LogP contribution >= 0.6 is 11.6 Å². The highest BCUT2D eigenvalue weighted by atomic mass is 35.5. The van der Waals surface area contributed by atoms with Gasteiger partial charge in [-0.25, -0.2) is 0 Å². The lowest BCUT2D eigenvalue weighted by Gasteiger charge is -2.33. The molecule has 0 bridgehead atoms. The number of hydrogen-bond donors (Lipinski definition) is 0. The van der Waals surface area contributed by atoms with Gasteiger partial charge in [0.05, 0.1) is 13.0 Å². The zero-order valence-corrected chi connectivity index (χ0v) is 18.6. The molecule has 1 aromatic heterocycles. The molecule has 0 saturated carbocycles. The predicted octanol–water partition coefficient (Wildman–Crippen LogP) is 4.59. The minimum atomic E-state index is -0.159. The zero-order chi connectivity index (χ0) is 22.0. The van der Waals surface area contributed by atoms with Crippen molar-refractivity contribution in [3.05, 3.63) is 53.1 Å². The Labute approximate surface area is 186 Å². The number of anilines is 2. The second kappa shape index (κ2) is 8.98. The van der Waals surface area contributed by atoms with Crippen molar-refractivity contribution < 1.29 is 14.1 Å². The Hall–Kier alpha value is -3.06. The number of benzene rings is 2. The van der Waals surface area contributed by atoms with Gasteiger partial charge in [0.1, 0.15) is 5.75 Å². The minimum absolute atomic E-state index is 0.0601. The van der Waals surface area contributed by atoms with E-state index in [4.69, 9.17) is 20.9 Å². The van der Waals surface area contributed by atoms with Gasteiger partial charge in [-0.15, -0.1) is 0 Å². The molecule has 1 aliphatic heterocycles. The van der Waals surface area contributed by atoms with E-state index in [0.29, 0.717) is 23.4 Å². The zero-order valence-electron chi connectivity index (χ0n) is 17.8. The number of nitrogens with zero attached hydrogens (tertiary/aromatic N) is 4. The van der Waals surface area contributed by atoms with E-state index in [-0.39, 0.29) is 11.8 Å². The van der Waals surface area contributed by atoms with Crippen LogP contribution in [0.5, 0.6) is 5.75 Å². The summed E-state index contributed by atoms with van der Waals surface area (Å²) in [5, 5.41) is 4.73. The average Bonchev–Trinajstić information content (AvgIpc) is 3.30. The Kier molecular flexibility index (Phi) is 6.13. The highest BCUT2D eigenvalue weighted by molar-refractivity contribution is 6.31. The highest BCUT2D eigenvalue weighted by Crippen LogP contribution is 2.29. The predicted molar refractivity (Wildman–Crippen MR) is 121 cm³/mol. The van der Waals surface area contributed by atoms with Gasteiger partial charge >= 0.3 is 6.01 Å². The van der Waals surface area contributed by atoms with E-state index in [1.165, 1.54) is 0 Å². The summed E-state index contributed by atoms with van der Waals surface area (Å²) >= 11 is 6.14. The van der Waals surface area contributed by atoms with Crippen molar-refractivity contribution in [2.45, 2.75) is 19.8 Å². The summed E-state index contributed by atoms with van der Waals surface area (Å²) in [5.41, 5.74) is 2.68. The van der Waals surface area contributed by atoms with Crippen molar-refractivity contribution in [3.8, 4) is 17.1 Å². The highest BCUT2D eigenvalue weighted by Gasteiger charge is 2.31. The molecule has 0 aliphatic carbocycles. The topological polar surface area (TPSA) is 71.7 Å². The van der Waals surface area contributed by atoms with Gasteiger partial charge in [-0.2, -0.15) is 4.98 Å². The van der Waals surface area contributed by atoms with Crippen LogP contribution < -0.4 is 14.5 Å². The van der Waals surface area contributed by atoms with Gasteiger partial charge in [-0.05, 0) is 61.7 Å². The van der Waals surface area contributed by atoms with Crippen molar-refractivity contribution in [3.63, 3.8) is 0 Å². The maximum atomic E-state index is 13.2. The number of piperidine rings is 1. The van der Waals surface area contributed by atoms with Crippen molar-refractivity contribution in [1.82, 2.24) is 10.1 Å². The van der Waals surface area contributed by atoms with Crippen LogP contribution in [0.25, 0.3) is 11.4 Å². The van der Waals surface area contributed by atoms with Crippen LogP contribution in [0.15, 0.2) is 47.0 Å². The molecule has 0 spiro atoms. The Morgan fingerprint density at radius 1 is 1.26 bits per heavy atom. The summed E-state index contributed by atoms with van der Waals surface area (Å²) in [4.78, 5) is 21.4. The first-order valence-corrected chi connectivity index (χ1v) is 10.6. The number of amides is 1. The lowest BCUT2D eigenvalue weighted by Crippen LogP contribution is -2.44. The molecule has 7 nitrogen and oxygen atoms in total. The number of carbonyl (C=O) groups excluding carboxylic acids is 1. The normalized spacial score (nSPS) is 16.3. The number of carbonyl (C=O) groups is 1. The number of ether oxygens (including phenoxy) is 1. The third-order valence-electron chi connectivity index (χ3n) is 5.67. The monoisotopic (exact) mass is 440 g/mol. The second-order valence-electron chi connectivity index (χ2n) is 7.74. The molecule has 1 atom stereocenters. The molecule has 0 radical (unpaired) electrons. The van der Waals surface area contributed by atoms with Gasteiger partial charge in [-0.1, -0.05) is 22.8 Å². The lowest BCUT2D eigenvalue weighted by atomic mass is 9.96. The maximum Gasteiger partial charge on any atom is 0.324 e. The van der Waals surface area contributed by atoms with Gasteiger partial charge < -0.3 is 19.1 Å². The number of aromatic nitrogens is 2. The Morgan fingerprint density at radius 2 is 2.03 bits per heavy atom. The van der Waals surface area contributed by atoms with Gasteiger partial charge in [0.15, 0.2) is 0 Å². The largest absolute Gasteiger partial charge is 0.497 e. The van der Waals surface area contributed by atoms with E-state index in [2.05, 4.69) is 10.1 Å². The van der Waals surface area contributed by atoms with E-state index in [1.807, 2.05) is 54.3 Å². The maximum absolute atomic E-state index is 13.2. The molecule has 0 N–H and O–H groups in total. The summed E-state index contributed by atoms with van der Waals surface area (Å²) in [6.45, 7) is 3.28. The molecular formula is C23H25ClN4O3. The van der Waals surface area contributed by atoms with E-state index in [0.717, 1.165) is 42.0 Å². The van der Waals surface area contributed by atoms with Crippen LogP contribution in [0.1, 0.15) is 18.4 Å². The SMILES string of the molecule is COc1ccc(-c2noc(N3CCC[C@@H](C(=O)N(C)c4cc(Cl)ccc4C)C3)n2)cc1. The van der Waals surface area contributed by atoms with Crippen molar-refractivity contribution in [1.29, 1.82) is 0 Å². The van der Waals surface area contributed by atoms with E-state index in [9.17, 15) is 4.79 Å². The van der Waals surface area contributed by atoms with Gasteiger partial charge in [0.2, 0.25) is 11.7 Å². The number of aryl methyl sites for hydroxylation is 1. The number of halogens is 1. The summed E-state index contributed by atoms with van der Waals surface area (Å²) in [6.07, 6.45) is 1.69. The summed E-state index contributed by atoms with van der Waals surface area (Å²) < 4.78 is 10.7. The molecule has 1 amide bonds. The fourth-order valence-corrected chi connectivity index (χ4v) is 4.06. The van der Waals surface area contributed by atoms with Crippen LogP contribution in [-0.2, 0) is 4.79 Å². The fourth-order valence-electron chi connectivity index (χ4n) is 3.89. The van der Waals surface area contributed by atoms with Gasteiger partial charge in [0, 0.05) is 36.4 Å². The van der Waals surface area contributed by atoms with Crippen LogP contribution in [-0.4, -0.2) is 43.3 Å². The van der Waals surface area contributed by atoms with Crippen molar-refractivity contribution in [2.75, 3.05) is 37.0 Å². The molecule has 1 fully saturated rings. The number of methoxy groups -OCH3 is 1. The summed E-state index contributed by atoms with van der Waals surface area (Å²) in [6, 6.07) is 13.5. The van der Waals surface area contributed by atoms with Crippen LogP contribution in [0.2, 0.25) is 5.02 Å². The van der Waals surface area contributed by atoms with Crippen molar-refractivity contribution in [2.24, 2.45) is 5.92 Å². The van der Waals surface area contributed by atoms with Crippen LogP contribution in [0, 0.1) is 12.8 Å². The molecule has 0 unspecified atom stereocenters. The first-order chi connectivity index (χ1) is 15.0. The van der Waals surface area contributed by atoms with E-state index >= 15 is 0 Å². The first kappa shape index (κ1) is 21.2. The molecule has 31 heavy (non-hydrogen) atoms. The summed E-state index contributed by atoms with van der Waals surface area (Å²) in [7, 11) is 3.43. The molecule has 4 rings (SSSR count). The van der Waals surface area contributed by atoms with Crippen LogP contribution in [0.4, 0.5) is 11.7 Å². The number of hydrogen-bond acceptors (Lipinski definition) is 6. The Bertz CT molecular complexity index is 1070.